The molecule has 0 saturated carbocycles. The molecule has 1 N–H and O–H groups in total. The van der Waals surface area contributed by atoms with Gasteiger partial charge in [-0.2, -0.15) is 0 Å². The van der Waals surface area contributed by atoms with Crippen molar-refractivity contribution in [3.63, 3.8) is 0 Å². The topological polar surface area (TPSA) is 15.3 Å². The average Bonchev–Trinajstić information content (AvgIpc) is 2.36. The monoisotopic (exact) mass is 356 g/mol. The maximum absolute atomic E-state index is 13.6. The summed E-state index contributed by atoms with van der Waals surface area (Å²) in [6.07, 6.45) is 1.11. The van der Waals surface area contributed by atoms with Crippen LogP contribution in [-0.4, -0.2) is 30.1 Å². The van der Waals surface area contributed by atoms with Crippen LogP contribution in [0.25, 0.3) is 0 Å². The Labute approximate surface area is 136 Å². The fraction of sp³-hybridized carbons (Fsp3) is 0.647. The Morgan fingerprint density at radius 1 is 1.33 bits per heavy atom. The van der Waals surface area contributed by atoms with Gasteiger partial charge in [0.2, 0.25) is 0 Å². The van der Waals surface area contributed by atoms with Crippen LogP contribution in [0.3, 0.4) is 0 Å². The number of rotatable bonds is 3. The summed E-state index contributed by atoms with van der Waals surface area (Å²) >= 11 is 3.38. The van der Waals surface area contributed by atoms with Gasteiger partial charge in [0, 0.05) is 36.2 Å². The first-order chi connectivity index (χ1) is 9.79. The van der Waals surface area contributed by atoms with E-state index in [2.05, 4.69) is 53.8 Å². The number of hydrogen-bond donors (Lipinski definition) is 1. The predicted molar refractivity (Wildman–Crippen MR) is 89.8 cm³/mol. The Bertz CT molecular complexity index is 464. The van der Waals surface area contributed by atoms with Crippen molar-refractivity contribution in [2.75, 3.05) is 13.1 Å². The van der Waals surface area contributed by atoms with Crippen LogP contribution in [0, 0.1) is 11.2 Å². The molecule has 1 heterocycles. The summed E-state index contributed by atoms with van der Waals surface area (Å²) in [5.41, 5.74) is 1.27. The van der Waals surface area contributed by atoms with Crippen LogP contribution < -0.4 is 5.32 Å². The molecule has 21 heavy (non-hydrogen) atoms. The van der Waals surface area contributed by atoms with Crippen molar-refractivity contribution in [2.45, 2.75) is 52.7 Å². The number of nitrogens with zero attached hydrogens (tertiary/aromatic N) is 1. The van der Waals surface area contributed by atoms with Crippen LogP contribution in [-0.2, 0) is 6.54 Å². The predicted octanol–water partition coefficient (Wildman–Crippen LogP) is 4.19. The number of piperazine rings is 1. The average molecular weight is 357 g/mol. The van der Waals surface area contributed by atoms with Gasteiger partial charge in [-0.15, -0.1) is 0 Å². The van der Waals surface area contributed by atoms with Crippen LogP contribution in [0.1, 0.15) is 39.7 Å². The van der Waals surface area contributed by atoms with Gasteiger partial charge < -0.3 is 5.32 Å². The molecule has 2 atom stereocenters. The smallest absolute Gasteiger partial charge is 0.124 e. The van der Waals surface area contributed by atoms with E-state index in [1.807, 2.05) is 6.07 Å². The zero-order chi connectivity index (χ0) is 15.6. The Kier molecular flexibility index (Phi) is 5.44. The summed E-state index contributed by atoms with van der Waals surface area (Å²) < 4.78 is 14.4. The van der Waals surface area contributed by atoms with E-state index in [9.17, 15) is 4.39 Å². The molecule has 2 nitrogen and oxygen atoms in total. The molecule has 1 aromatic rings. The number of halogens is 2. The zero-order valence-corrected chi connectivity index (χ0v) is 15.0. The molecule has 0 spiro atoms. The highest BCUT2D eigenvalue weighted by Crippen LogP contribution is 2.26. The summed E-state index contributed by atoms with van der Waals surface area (Å²) in [5.74, 6) is -0.171. The van der Waals surface area contributed by atoms with Crippen LogP contribution in [0.5, 0.6) is 0 Å². The highest BCUT2D eigenvalue weighted by atomic mass is 79.9. The Hall–Kier alpha value is -0.450. The van der Waals surface area contributed by atoms with Crippen LogP contribution in [0.4, 0.5) is 4.39 Å². The third-order valence-corrected chi connectivity index (χ3v) is 4.82. The van der Waals surface area contributed by atoms with Crippen molar-refractivity contribution in [2.24, 2.45) is 5.41 Å². The minimum absolute atomic E-state index is 0.171. The van der Waals surface area contributed by atoms with E-state index < -0.39 is 0 Å². The summed E-state index contributed by atoms with van der Waals surface area (Å²) in [6, 6.07) is 6.16. The van der Waals surface area contributed by atoms with Crippen LogP contribution in [0.15, 0.2) is 22.7 Å². The van der Waals surface area contributed by atoms with Gasteiger partial charge in [-0.25, -0.2) is 4.39 Å². The molecule has 4 heteroatoms. The number of hydrogen-bond acceptors (Lipinski definition) is 2. The van der Waals surface area contributed by atoms with E-state index in [4.69, 9.17) is 0 Å². The second-order valence-electron chi connectivity index (χ2n) is 7.10. The van der Waals surface area contributed by atoms with Crippen molar-refractivity contribution < 1.29 is 4.39 Å². The summed E-state index contributed by atoms with van der Waals surface area (Å²) in [7, 11) is 0. The molecule has 0 aliphatic carbocycles. The quantitative estimate of drug-likeness (QED) is 0.873. The second kappa shape index (κ2) is 6.76. The molecule has 1 fully saturated rings. The standard InChI is InChI=1S/C17H26BrFN2/c1-5-15-9-20-16(17(2,3)4)11-21(15)10-12-6-13(18)8-14(19)7-12/h6-8,15-16,20H,5,9-11H2,1-4H3. The summed E-state index contributed by atoms with van der Waals surface area (Å²) in [5, 5.41) is 3.67. The van der Waals surface area contributed by atoms with Gasteiger partial charge >= 0.3 is 0 Å². The lowest BCUT2D eigenvalue weighted by molar-refractivity contribution is 0.0774. The van der Waals surface area contributed by atoms with E-state index in [1.165, 1.54) is 6.07 Å². The first-order valence-corrected chi connectivity index (χ1v) is 8.51. The van der Waals surface area contributed by atoms with Crippen molar-refractivity contribution >= 4 is 15.9 Å². The lowest BCUT2D eigenvalue weighted by atomic mass is 9.84. The maximum atomic E-state index is 13.6. The Morgan fingerprint density at radius 3 is 2.62 bits per heavy atom. The normalized spacial score (nSPS) is 24.3. The molecule has 118 valence electrons. The maximum Gasteiger partial charge on any atom is 0.124 e. The van der Waals surface area contributed by atoms with Crippen molar-refractivity contribution in [3.8, 4) is 0 Å². The minimum atomic E-state index is -0.171. The molecule has 1 aliphatic heterocycles. The minimum Gasteiger partial charge on any atom is -0.311 e. The third-order valence-electron chi connectivity index (χ3n) is 4.36. The van der Waals surface area contributed by atoms with Gasteiger partial charge in [0.1, 0.15) is 5.82 Å². The van der Waals surface area contributed by atoms with Gasteiger partial charge in [-0.1, -0.05) is 43.6 Å². The molecule has 1 aliphatic rings. The molecule has 0 radical (unpaired) electrons. The molecular weight excluding hydrogens is 331 g/mol. The van der Waals surface area contributed by atoms with E-state index in [-0.39, 0.29) is 11.2 Å². The molecule has 0 aromatic heterocycles. The van der Waals surface area contributed by atoms with Crippen LogP contribution in [0.2, 0.25) is 0 Å². The largest absolute Gasteiger partial charge is 0.311 e. The molecule has 0 amide bonds. The summed E-state index contributed by atoms with van der Waals surface area (Å²) in [4.78, 5) is 2.49. The Morgan fingerprint density at radius 2 is 2.05 bits per heavy atom. The van der Waals surface area contributed by atoms with Crippen molar-refractivity contribution in [3.05, 3.63) is 34.1 Å². The van der Waals surface area contributed by atoms with Gasteiger partial charge in [0.05, 0.1) is 0 Å². The molecular formula is C17H26BrFN2. The van der Waals surface area contributed by atoms with E-state index in [1.54, 1.807) is 6.07 Å². The van der Waals surface area contributed by atoms with E-state index in [0.29, 0.717) is 12.1 Å². The van der Waals surface area contributed by atoms with Gasteiger partial charge in [-0.3, -0.25) is 4.90 Å². The third kappa shape index (κ3) is 4.51. The molecule has 2 unspecified atom stereocenters. The fourth-order valence-corrected chi connectivity index (χ4v) is 3.48. The molecule has 1 aromatic carbocycles. The van der Waals surface area contributed by atoms with Crippen LogP contribution >= 0.6 is 15.9 Å². The van der Waals surface area contributed by atoms with Gasteiger partial charge in [0.25, 0.3) is 0 Å². The SMILES string of the molecule is CCC1CNC(C(C)(C)C)CN1Cc1cc(F)cc(Br)c1. The highest BCUT2D eigenvalue weighted by molar-refractivity contribution is 9.10. The summed E-state index contributed by atoms with van der Waals surface area (Å²) in [6.45, 7) is 11.9. The van der Waals surface area contributed by atoms with Crippen molar-refractivity contribution in [1.82, 2.24) is 10.2 Å². The molecule has 0 bridgehead atoms. The lowest BCUT2D eigenvalue weighted by Crippen LogP contribution is -2.59. The number of nitrogens with one attached hydrogen (secondary N) is 1. The molecule has 1 saturated heterocycles. The second-order valence-corrected chi connectivity index (χ2v) is 8.01. The Balaban J connectivity index is 2.14. The van der Waals surface area contributed by atoms with E-state index >= 15 is 0 Å². The highest BCUT2D eigenvalue weighted by Gasteiger charge is 2.33. The van der Waals surface area contributed by atoms with Crippen molar-refractivity contribution in [1.29, 1.82) is 0 Å². The van der Waals surface area contributed by atoms with Gasteiger partial charge in [0.15, 0.2) is 0 Å². The first-order valence-electron chi connectivity index (χ1n) is 7.72. The molecule has 2 rings (SSSR count). The zero-order valence-electron chi connectivity index (χ0n) is 13.4. The lowest BCUT2D eigenvalue weighted by Gasteiger charge is -2.45. The van der Waals surface area contributed by atoms with Gasteiger partial charge in [-0.05, 0) is 35.6 Å². The first kappa shape index (κ1) is 16.9. The fourth-order valence-electron chi connectivity index (χ4n) is 2.97. The van der Waals surface area contributed by atoms with E-state index in [0.717, 1.165) is 36.1 Å². The number of benzene rings is 1.